The van der Waals surface area contributed by atoms with Crippen LogP contribution in [0.25, 0.3) is 0 Å². The molecule has 0 saturated carbocycles. The third-order valence-corrected chi connectivity index (χ3v) is 3.54. The minimum Gasteiger partial charge on any atom is -0.323 e. The van der Waals surface area contributed by atoms with Gasteiger partial charge in [-0.15, -0.1) is 0 Å². The summed E-state index contributed by atoms with van der Waals surface area (Å²) in [6.45, 7) is 5.60. The van der Waals surface area contributed by atoms with Crippen molar-refractivity contribution in [2.24, 2.45) is 0 Å². The zero-order valence-corrected chi connectivity index (χ0v) is 11.2. The van der Waals surface area contributed by atoms with Gasteiger partial charge < -0.3 is 10.6 Å². The van der Waals surface area contributed by atoms with Gasteiger partial charge in [0.1, 0.15) is 0 Å². The topological polar surface area (TPSA) is 44.4 Å². The first kappa shape index (κ1) is 13.3. The number of anilines is 1. The summed E-state index contributed by atoms with van der Waals surface area (Å²) in [4.78, 5) is 14.3. The predicted octanol–water partition coefficient (Wildman–Crippen LogP) is 1.57. The van der Waals surface area contributed by atoms with Crippen LogP contribution in [0.2, 0.25) is 5.02 Å². The fourth-order valence-electron chi connectivity index (χ4n) is 2.04. The Labute approximate surface area is 112 Å². The minimum absolute atomic E-state index is 0.00926. The number of piperazine rings is 1. The maximum absolute atomic E-state index is 12.1. The molecule has 1 aromatic rings. The van der Waals surface area contributed by atoms with Gasteiger partial charge in [-0.1, -0.05) is 23.7 Å². The molecule has 0 aromatic heterocycles. The van der Waals surface area contributed by atoms with Crippen molar-refractivity contribution in [3.63, 3.8) is 0 Å². The standard InChI is InChI=1S/C13H18ClN3O/c1-10(17-8-6-15-7-9-17)13(18)16-12-5-3-2-4-11(12)14/h2-5,10,15H,6-9H2,1H3,(H,16,18). The van der Waals surface area contributed by atoms with Crippen LogP contribution in [-0.2, 0) is 4.79 Å². The van der Waals surface area contributed by atoms with Crippen molar-refractivity contribution in [2.75, 3.05) is 31.5 Å². The number of nitrogens with one attached hydrogen (secondary N) is 2. The Morgan fingerprint density at radius 1 is 1.39 bits per heavy atom. The second-order valence-corrected chi connectivity index (χ2v) is 4.84. The van der Waals surface area contributed by atoms with Crippen LogP contribution in [0.3, 0.4) is 0 Å². The normalized spacial score (nSPS) is 18.3. The summed E-state index contributed by atoms with van der Waals surface area (Å²) < 4.78 is 0. The van der Waals surface area contributed by atoms with E-state index >= 15 is 0 Å². The van der Waals surface area contributed by atoms with Gasteiger partial charge in [0, 0.05) is 26.2 Å². The van der Waals surface area contributed by atoms with E-state index in [1.165, 1.54) is 0 Å². The Balaban J connectivity index is 1.97. The van der Waals surface area contributed by atoms with Crippen LogP contribution in [0.4, 0.5) is 5.69 Å². The number of hydrogen-bond acceptors (Lipinski definition) is 3. The molecule has 18 heavy (non-hydrogen) atoms. The number of nitrogens with zero attached hydrogens (tertiary/aromatic N) is 1. The Kier molecular flexibility index (Phi) is 4.58. The van der Waals surface area contributed by atoms with Gasteiger partial charge in [0.05, 0.1) is 16.8 Å². The lowest BCUT2D eigenvalue weighted by Crippen LogP contribution is -2.51. The van der Waals surface area contributed by atoms with E-state index in [2.05, 4.69) is 15.5 Å². The highest BCUT2D eigenvalue weighted by Gasteiger charge is 2.22. The van der Waals surface area contributed by atoms with Gasteiger partial charge >= 0.3 is 0 Å². The molecule has 0 aliphatic carbocycles. The maximum atomic E-state index is 12.1. The lowest BCUT2D eigenvalue weighted by atomic mass is 10.2. The van der Waals surface area contributed by atoms with E-state index in [4.69, 9.17) is 11.6 Å². The van der Waals surface area contributed by atoms with E-state index < -0.39 is 0 Å². The number of amides is 1. The van der Waals surface area contributed by atoms with Gasteiger partial charge in [0.25, 0.3) is 0 Å². The summed E-state index contributed by atoms with van der Waals surface area (Å²) in [5.74, 6) is -0.00926. The fourth-order valence-corrected chi connectivity index (χ4v) is 2.22. The van der Waals surface area contributed by atoms with Crippen molar-refractivity contribution in [1.82, 2.24) is 10.2 Å². The van der Waals surface area contributed by atoms with E-state index in [9.17, 15) is 4.79 Å². The molecule has 5 heteroatoms. The molecule has 1 aliphatic heterocycles. The number of hydrogen-bond donors (Lipinski definition) is 2. The molecule has 0 bridgehead atoms. The van der Waals surface area contributed by atoms with E-state index in [0.717, 1.165) is 26.2 Å². The number of halogens is 1. The molecule has 1 saturated heterocycles. The van der Waals surface area contributed by atoms with Crippen LogP contribution in [0, 0.1) is 0 Å². The van der Waals surface area contributed by atoms with Gasteiger partial charge in [0.15, 0.2) is 0 Å². The molecule has 98 valence electrons. The molecular weight excluding hydrogens is 250 g/mol. The Bertz CT molecular complexity index is 418. The molecule has 0 spiro atoms. The highest BCUT2D eigenvalue weighted by molar-refractivity contribution is 6.33. The van der Waals surface area contributed by atoms with Crippen LogP contribution in [0.15, 0.2) is 24.3 Å². The number of carbonyl (C=O) groups is 1. The number of para-hydroxylation sites is 1. The molecule has 1 aliphatic rings. The van der Waals surface area contributed by atoms with Gasteiger partial charge in [-0.2, -0.15) is 0 Å². The van der Waals surface area contributed by atoms with Crippen molar-refractivity contribution >= 4 is 23.2 Å². The molecule has 1 amide bonds. The van der Waals surface area contributed by atoms with Gasteiger partial charge in [-0.3, -0.25) is 9.69 Å². The molecule has 0 radical (unpaired) electrons. The number of rotatable bonds is 3. The molecule has 1 atom stereocenters. The summed E-state index contributed by atoms with van der Waals surface area (Å²) in [5.41, 5.74) is 0.672. The van der Waals surface area contributed by atoms with E-state index in [-0.39, 0.29) is 11.9 Å². The Morgan fingerprint density at radius 2 is 2.06 bits per heavy atom. The van der Waals surface area contributed by atoms with Crippen LogP contribution in [-0.4, -0.2) is 43.0 Å². The lowest BCUT2D eigenvalue weighted by Gasteiger charge is -2.31. The second kappa shape index (κ2) is 6.18. The van der Waals surface area contributed by atoms with E-state index in [1.807, 2.05) is 25.1 Å². The molecule has 2 rings (SSSR count). The van der Waals surface area contributed by atoms with E-state index in [1.54, 1.807) is 6.07 Å². The molecule has 2 N–H and O–H groups in total. The first-order valence-corrected chi connectivity index (χ1v) is 6.56. The summed E-state index contributed by atoms with van der Waals surface area (Å²) in [6.07, 6.45) is 0. The first-order chi connectivity index (χ1) is 8.68. The van der Waals surface area contributed by atoms with Crippen molar-refractivity contribution in [1.29, 1.82) is 0 Å². The number of benzene rings is 1. The molecule has 1 aromatic carbocycles. The average Bonchev–Trinajstić information content (AvgIpc) is 2.41. The van der Waals surface area contributed by atoms with Gasteiger partial charge in [0.2, 0.25) is 5.91 Å². The number of carbonyl (C=O) groups excluding carboxylic acids is 1. The average molecular weight is 268 g/mol. The molecule has 4 nitrogen and oxygen atoms in total. The van der Waals surface area contributed by atoms with Gasteiger partial charge in [-0.25, -0.2) is 0 Å². The van der Waals surface area contributed by atoms with Gasteiger partial charge in [-0.05, 0) is 19.1 Å². The smallest absolute Gasteiger partial charge is 0.241 e. The minimum atomic E-state index is -0.136. The van der Waals surface area contributed by atoms with Crippen molar-refractivity contribution in [3.8, 4) is 0 Å². The van der Waals surface area contributed by atoms with Crippen molar-refractivity contribution in [2.45, 2.75) is 13.0 Å². The van der Waals surface area contributed by atoms with Crippen LogP contribution in [0.5, 0.6) is 0 Å². The zero-order chi connectivity index (χ0) is 13.0. The zero-order valence-electron chi connectivity index (χ0n) is 10.4. The Hall–Kier alpha value is -1.10. The van der Waals surface area contributed by atoms with E-state index in [0.29, 0.717) is 10.7 Å². The molecule has 1 unspecified atom stereocenters. The first-order valence-electron chi connectivity index (χ1n) is 6.18. The molecular formula is C13H18ClN3O. The third kappa shape index (κ3) is 3.22. The summed E-state index contributed by atoms with van der Waals surface area (Å²) in [7, 11) is 0. The second-order valence-electron chi connectivity index (χ2n) is 4.43. The summed E-state index contributed by atoms with van der Waals surface area (Å²) >= 11 is 6.02. The van der Waals surface area contributed by atoms with Crippen molar-refractivity contribution in [3.05, 3.63) is 29.3 Å². The Morgan fingerprint density at radius 3 is 2.72 bits per heavy atom. The third-order valence-electron chi connectivity index (χ3n) is 3.21. The maximum Gasteiger partial charge on any atom is 0.241 e. The highest BCUT2D eigenvalue weighted by atomic mass is 35.5. The molecule has 1 heterocycles. The molecule has 1 fully saturated rings. The SMILES string of the molecule is CC(C(=O)Nc1ccccc1Cl)N1CCNCC1. The van der Waals surface area contributed by atoms with Crippen LogP contribution < -0.4 is 10.6 Å². The summed E-state index contributed by atoms with van der Waals surface area (Å²) in [6, 6.07) is 7.15. The van der Waals surface area contributed by atoms with Crippen molar-refractivity contribution < 1.29 is 4.79 Å². The van der Waals surface area contributed by atoms with Crippen LogP contribution >= 0.6 is 11.6 Å². The summed E-state index contributed by atoms with van der Waals surface area (Å²) in [5, 5.41) is 6.72. The monoisotopic (exact) mass is 267 g/mol. The fraction of sp³-hybridized carbons (Fsp3) is 0.462. The predicted molar refractivity (Wildman–Crippen MR) is 74.0 cm³/mol. The highest BCUT2D eigenvalue weighted by Crippen LogP contribution is 2.20. The largest absolute Gasteiger partial charge is 0.323 e. The van der Waals surface area contributed by atoms with Crippen LogP contribution in [0.1, 0.15) is 6.92 Å². The quantitative estimate of drug-likeness (QED) is 0.874. The lowest BCUT2D eigenvalue weighted by molar-refractivity contribution is -0.120.